The zero-order valence-electron chi connectivity index (χ0n) is 12.7. The molecule has 2 rings (SSSR count). The zero-order chi connectivity index (χ0) is 16.0. The number of benzene rings is 1. The number of carbonyl (C=O) groups excluding carboxylic acids is 1. The van der Waals surface area contributed by atoms with Gasteiger partial charge in [-0.1, -0.05) is 37.3 Å². The van der Waals surface area contributed by atoms with Crippen LogP contribution in [-0.4, -0.2) is 24.5 Å². The Morgan fingerprint density at radius 1 is 1.32 bits per heavy atom. The molecule has 5 heteroatoms. The average molecular weight is 363 g/mol. The van der Waals surface area contributed by atoms with E-state index in [1.807, 2.05) is 37.3 Å². The lowest BCUT2D eigenvalue weighted by Crippen LogP contribution is -2.42. The molecule has 1 heterocycles. The molecule has 1 N–H and O–H groups in total. The Morgan fingerprint density at radius 2 is 2.05 bits per heavy atom. The van der Waals surface area contributed by atoms with Gasteiger partial charge in [-0.25, -0.2) is 0 Å². The number of methoxy groups -OCH3 is 1. The number of amides is 1. The Hall–Kier alpha value is -1.72. The highest BCUT2D eigenvalue weighted by atomic mass is 79.9. The van der Waals surface area contributed by atoms with E-state index in [1.165, 1.54) is 0 Å². The van der Waals surface area contributed by atoms with Crippen LogP contribution >= 0.6 is 15.9 Å². The van der Waals surface area contributed by atoms with E-state index in [-0.39, 0.29) is 5.91 Å². The second-order valence-electron chi connectivity index (χ2n) is 4.99. The molecule has 116 valence electrons. The number of rotatable bonds is 6. The number of aromatic nitrogens is 1. The van der Waals surface area contributed by atoms with Crippen molar-refractivity contribution >= 4 is 21.8 Å². The fraction of sp³-hybridized carbons (Fsp3) is 0.294. The van der Waals surface area contributed by atoms with Crippen molar-refractivity contribution in [1.29, 1.82) is 0 Å². The zero-order valence-corrected chi connectivity index (χ0v) is 14.3. The topological polar surface area (TPSA) is 51.2 Å². The third-order valence-electron chi connectivity index (χ3n) is 3.76. The van der Waals surface area contributed by atoms with E-state index in [0.717, 1.165) is 16.5 Å². The molecule has 22 heavy (non-hydrogen) atoms. The standard InChI is InChI=1S/C17H19BrN2O2/c1-3-17(22-2,14-7-5-4-6-8-14)12-20-16(21)13-9-15(18)11-19-10-13/h4-11H,3,12H2,1-2H3,(H,20,21). The van der Waals surface area contributed by atoms with E-state index in [1.54, 1.807) is 25.6 Å². The SMILES string of the molecule is CCC(CNC(=O)c1cncc(Br)c1)(OC)c1ccccc1. The van der Waals surface area contributed by atoms with Crippen molar-refractivity contribution < 1.29 is 9.53 Å². The molecule has 4 nitrogen and oxygen atoms in total. The van der Waals surface area contributed by atoms with Crippen LogP contribution < -0.4 is 5.32 Å². The predicted molar refractivity (Wildman–Crippen MR) is 89.7 cm³/mol. The molecule has 0 bridgehead atoms. The number of ether oxygens (including phenoxy) is 1. The lowest BCUT2D eigenvalue weighted by atomic mass is 9.90. The summed E-state index contributed by atoms with van der Waals surface area (Å²) >= 11 is 3.32. The molecule has 0 aliphatic carbocycles. The van der Waals surface area contributed by atoms with Gasteiger partial charge < -0.3 is 10.1 Å². The Kier molecular flexibility index (Phi) is 5.69. The third-order valence-corrected chi connectivity index (χ3v) is 4.20. The van der Waals surface area contributed by atoms with Crippen LogP contribution in [0.25, 0.3) is 0 Å². The summed E-state index contributed by atoms with van der Waals surface area (Å²) in [5, 5.41) is 2.94. The van der Waals surface area contributed by atoms with Crippen LogP contribution in [0, 0.1) is 0 Å². The highest BCUT2D eigenvalue weighted by Gasteiger charge is 2.30. The molecule has 0 aliphatic rings. The van der Waals surface area contributed by atoms with E-state index in [9.17, 15) is 4.79 Å². The van der Waals surface area contributed by atoms with E-state index in [0.29, 0.717) is 12.1 Å². The van der Waals surface area contributed by atoms with Crippen molar-refractivity contribution in [2.45, 2.75) is 18.9 Å². The molecule has 0 fully saturated rings. The van der Waals surface area contributed by atoms with E-state index in [4.69, 9.17) is 4.74 Å². The van der Waals surface area contributed by atoms with Crippen molar-refractivity contribution in [2.24, 2.45) is 0 Å². The van der Waals surface area contributed by atoms with Crippen LogP contribution in [0.5, 0.6) is 0 Å². The Labute approximate surface area is 139 Å². The molecular weight excluding hydrogens is 344 g/mol. The molecule has 1 aromatic carbocycles. The van der Waals surface area contributed by atoms with Crippen LogP contribution in [0.1, 0.15) is 29.3 Å². The van der Waals surface area contributed by atoms with Crippen molar-refractivity contribution in [3.05, 3.63) is 64.4 Å². The Balaban J connectivity index is 2.14. The van der Waals surface area contributed by atoms with E-state index >= 15 is 0 Å². The first kappa shape index (κ1) is 16.6. The summed E-state index contributed by atoms with van der Waals surface area (Å²) < 4.78 is 6.52. The maximum Gasteiger partial charge on any atom is 0.252 e. The number of nitrogens with zero attached hydrogens (tertiary/aromatic N) is 1. The maximum atomic E-state index is 12.3. The minimum atomic E-state index is -0.531. The minimum absolute atomic E-state index is 0.167. The summed E-state index contributed by atoms with van der Waals surface area (Å²) in [6.07, 6.45) is 3.94. The molecule has 0 radical (unpaired) electrons. The molecule has 0 aliphatic heterocycles. The molecule has 0 saturated heterocycles. The van der Waals surface area contributed by atoms with Gasteiger partial charge in [-0.2, -0.15) is 0 Å². The summed E-state index contributed by atoms with van der Waals surface area (Å²) in [5.41, 5.74) is 1.03. The second kappa shape index (κ2) is 7.51. The summed E-state index contributed by atoms with van der Waals surface area (Å²) in [6, 6.07) is 11.7. The van der Waals surface area contributed by atoms with E-state index in [2.05, 4.69) is 26.2 Å². The normalized spacial score (nSPS) is 13.4. The smallest absolute Gasteiger partial charge is 0.252 e. The van der Waals surface area contributed by atoms with Crippen molar-refractivity contribution in [2.75, 3.05) is 13.7 Å². The van der Waals surface area contributed by atoms with Crippen molar-refractivity contribution in [1.82, 2.24) is 10.3 Å². The fourth-order valence-electron chi connectivity index (χ4n) is 2.37. The summed E-state index contributed by atoms with van der Waals surface area (Å²) in [4.78, 5) is 16.3. The lowest BCUT2D eigenvalue weighted by Gasteiger charge is -2.32. The number of hydrogen-bond donors (Lipinski definition) is 1. The van der Waals surface area contributed by atoms with Gasteiger partial charge in [0.05, 0.1) is 12.1 Å². The predicted octanol–water partition coefficient (Wildman–Crippen LogP) is 3.53. The summed E-state index contributed by atoms with van der Waals surface area (Å²) in [5.74, 6) is -0.167. The average Bonchev–Trinajstić information content (AvgIpc) is 2.57. The van der Waals surface area contributed by atoms with Crippen LogP contribution in [0.4, 0.5) is 0 Å². The molecule has 1 aromatic heterocycles. The van der Waals surface area contributed by atoms with Gasteiger partial charge in [0.25, 0.3) is 5.91 Å². The quantitative estimate of drug-likeness (QED) is 0.854. The van der Waals surface area contributed by atoms with Gasteiger partial charge in [-0.3, -0.25) is 9.78 Å². The van der Waals surface area contributed by atoms with Crippen molar-refractivity contribution in [3.8, 4) is 0 Å². The summed E-state index contributed by atoms with van der Waals surface area (Å²) in [6.45, 7) is 2.44. The lowest BCUT2D eigenvalue weighted by molar-refractivity contribution is -0.0164. The fourth-order valence-corrected chi connectivity index (χ4v) is 2.73. The molecule has 2 aromatic rings. The van der Waals surface area contributed by atoms with Gasteiger partial charge in [0.15, 0.2) is 0 Å². The Morgan fingerprint density at radius 3 is 2.64 bits per heavy atom. The number of nitrogens with one attached hydrogen (secondary N) is 1. The first-order chi connectivity index (χ1) is 10.6. The Bertz CT molecular complexity index is 628. The van der Waals surface area contributed by atoms with Crippen molar-refractivity contribution in [3.63, 3.8) is 0 Å². The number of hydrogen-bond acceptors (Lipinski definition) is 3. The van der Waals surface area contributed by atoms with Gasteiger partial charge in [-0.15, -0.1) is 0 Å². The highest BCUT2D eigenvalue weighted by molar-refractivity contribution is 9.10. The van der Waals surface area contributed by atoms with Crippen LogP contribution in [-0.2, 0) is 10.3 Å². The van der Waals surface area contributed by atoms with Crippen LogP contribution in [0.3, 0.4) is 0 Å². The maximum absolute atomic E-state index is 12.3. The van der Waals surface area contributed by atoms with Gasteiger partial charge in [0.2, 0.25) is 0 Å². The van der Waals surface area contributed by atoms with Crippen LogP contribution in [0.2, 0.25) is 0 Å². The second-order valence-corrected chi connectivity index (χ2v) is 5.91. The number of halogens is 1. The molecule has 1 unspecified atom stereocenters. The number of pyridine rings is 1. The first-order valence-electron chi connectivity index (χ1n) is 7.11. The number of carbonyl (C=O) groups is 1. The van der Waals surface area contributed by atoms with E-state index < -0.39 is 5.60 Å². The minimum Gasteiger partial charge on any atom is -0.372 e. The molecule has 1 atom stereocenters. The van der Waals surface area contributed by atoms with Gasteiger partial charge >= 0.3 is 0 Å². The largest absolute Gasteiger partial charge is 0.372 e. The molecule has 0 saturated carbocycles. The molecule has 1 amide bonds. The monoisotopic (exact) mass is 362 g/mol. The van der Waals surface area contributed by atoms with Gasteiger partial charge in [-0.05, 0) is 34.0 Å². The first-order valence-corrected chi connectivity index (χ1v) is 7.90. The van der Waals surface area contributed by atoms with Gasteiger partial charge in [0, 0.05) is 24.0 Å². The highest BCUT2D eigenvalue weighted by Crippen LogP contribution is 2.28. The molecule has 0 spiro atoms. The van der Waals surface area contributed by atoms with Gasteiger partial charge in [0.1, 0.15) is 5.60 Å². The summed E-state index contributed by atoms with van der Waals surface area (Å²) in [7, 11) is 1.67. The third kappa shape index (κ3) is 3.72. The van der Waals surface area contributed by atoms with Crippen LogP contribution in [0.15, 0.2) is 53.3 Å². The molecular formula is C17H19BrN2O2.